The zero-order valence-corrected chi connectivity index (χ0v) is 14.1. The molecule has 128 valence electrons. The highest BCUT2D eigenvalue weighted by Gasteiger charge is 2.11. The number of hydrogen-bond donors (Lipinski definition) is 1. The molecule has 1 N–H and O–H groups in total. The molecule has 0 spiro atoms. The van der Waals surface area contributed by atoms with Crippen molar-refractivity contribution in [1.82, 2.24) is 9.55 Å². The van der Waals surface area contributed by atoms with Crippen molar-refractivity contribution in [2.75, 3.05) is 19.1 Å². The van der Waals surface area contributed by atoms with Crippen molar-refractivity contribution in [1.29, 1.82) is 0 Å². The molecule has 0 bridgehead atoms. The fourth-order valence-corrected chi connectivity index (χ4v) is 3.03. The molecule has 0 amide bonds. The van der Waals surface area contributed by atoms with Gasteiger partial charge in [0.1, 0.15) is 0 Å². The Labute approximate surface area is 141 Å². The van der Waals surface area contributed by atoms with Gasteiger partial charge in [0.2, 0.25) is 5.95 Å². The summed E-state index contributed by atoms with van der Waals surface area (Å²) in [6, 6.07) is 7.42. The topological polar surface area (TPSA) is 68.5 Å². The van der Waals surface area contributed by atoms with E-state index in [1.54, 1.807) is 11.7 Å². The van der Waals surface area contributed by atoms with Crippen molar-refractivity contribution >= 4 is 22.6 Å². The van der Waals surface area contributed by atoms with Crippen molar-refractivity contribution in [3.8, 4) is 0 Å². The van der Waals surface area contributed by atoms with E-state index in [9.17, 15) is 4.79 Å². The van der Waals surface area contributed by atoms with E-state index in [0.717, 1.165) is 25.0 Å². The van der Waals surface area contributed by atoms with Gasteiger partial charge >= 0.3 is 0 Å². The van der Waals surface area contributed by atoms with Crippen molar-refractivity contribution in [3.63, 3.8) is 0 Å². The fraction of sp³-hybridized carbons (Fsp3) is 0.500. The van der Waals surface area contributed by atoms with E-state index in [-0.39, 0.29) is 5.56 Å². The van der Waals surface area contributed by atoms with E-state index >= 15 is 0 Å². The van der Waals surface area contributed by atoms with Crippen molar-refractivity contribution in [2.24, 2.45) is 5.10 Å². The minimum Gasteiger partial charge on any atom is -0.385 e. The number of nitrogens with zero attached hydrogens (tertiary/aromatic N) is 3. The standard InChI is InChI=1S/C18H24N4O2/c1-24-13-7-12-22-17(23)15-10-5-6-11-16(15)19-18(22)21-20-14-8-3-2-4-9-14/h5-6,10-11H,2-4,7-9,12-13H2,1H3,(H,19,21). The number of fused-ring (bicyclic) bond motifs is 1. The maximum atomic E-state index is 12.8. The number of anilines is 1. The van der Waals surface area contributed by atoms with Gasteiger partial charge in [-0.25, -0.2) is 10.4 Å². The fourth-order valence-electron chi connectivity index (χ4n) is 3.03. The summed E-state index contributed by atoms with van der Waals surface area (Å²) in [5, 5.41) is 5.13. The van der Waals surface area contributed by atoms with E-state index < -0.39 is 0 Å². The summed E-state index contributed by atoms with van der Waals surface area (Å²) >= 11 is 0. The Morgan fingerprint density at radius 3 is 2.83 bits per heavy atom. The molecule has 1 heterocycles. The third-order valence-corrected chi connectivity index (χ3v) is 4.34. The molecule has 1 saturated carbocycles. The Morgan fingerprint density at radius 1 is 1.25 bits per heavy atom. The number of hydrazone groups is 1. The Kier molecular flexibility index (Phi) is 5.59. The molecule has 2 aromatic rings. The molecule has 0 unspecified atom stereocenters. The zero-order valence-electron chi connectivity index (χ0n) is 14.1. The van der Waals surface area contributed by atoms with Crippen LogP contribution in [-0.2, 0) is 11.3 Å². The molecule has 0 atom stereocenters. The van der Waals surface area contributed by atoms with E-state index in [1.165, 1.54) is 19.3 Å². The molecule has 1 aliphatic carbocycles. The van der Waals surface area contributed by atoms with Gasteiger partial charge in [0.15, 0.2) is 0 Å². The summed E-state index contributed by atoms with van der Waals surface area (Å²) in [6.07, 6.45) is 6.44. The number of rotatable bonds is 6. The molecule has 1 aliphatic rings. The zero-order chi connectivity index (χ0) is 16.8. The van der Waals surface area contributed by atoms with Crippen molar-refractivity contribution in [3.05, 3.63) is 34.6 Å². The number of aromatic nitrogens is 2. The van der Waals surface area contributed by atoms with Gasteiger partial charge in [0, 0.05) is 26.0 Å². The normalized spacial score (nSPS) is 14.8. The number of nitrogens with one attached hydrogen (secondary N) is 1. The summed E-state index contributed by atoms with van der Waals surface area (Å²) in [5.74, 6) is 0.507. The minimum absolute atomic E-state index is 0.0388. The van der Waals surface area contributed by atoms with E-state index in [1.807, 2.05) is 24.3 Å². The molecule has 0 saturated heterocycles. The second kappa shape index (κ2) is 8.06. The Morgan fingerprint density at radius 2 is 2.04 bits per heavy atom. The SMILES string of the molecule is COCCCn1c(NN=C2CCCCC2)nc2ccccc2c1=O. The van der Waals surface area contributed by atoms with E-state index in [4.69, 9.17) is 4.74 Å². The number of hydrogen-bond acceptors (Lipinski definition) is 5. The molecule has 6 heteroatoms. The number of ether oxygens (including phenoxy) is 1. The predicted octanol–water partition coefficient (Wildman–Crippen LogP) is 3.17. The lowest BCUT2D eigenvalue weighted by molar-refractivity contribution is 0.190. The van der Waals surface area contributed by atoms with Crippen LogP contribution in [0.25, 0.3) is 10.9 Å². The molecule has 0 aliphatic heterocycles. The number of para-hydroxylation sites is 1. The van der Waals surface area contributed by atoms with Crippen LogP contribution in [0.3, 0.4) is 0 Å². The molecule has 1 aromatic carbocycles. The smallest absolute Gasteiger partial charge is 0.262 e. The van der Waals surface area contributed by atoms with Crippen LogP contribution in [0.15, 0.2) is 34.2 Å². The van der Waals surface area contributed by atoms with Crippen molar-refractivity contribution in [2.45, 2.75) is 45.1 Å². The van der Waals surface area contributed by atoms with Crippen molar-refractivity contribution < 1.29 is 4.74 Å². The second-order valence-electron chi connectivity index (χ2n) is 6.11. The van der Waals surface area contributed by atoms with Crippen LogP contribution in [0.4, 0.5) is 5.95 Å². The molecule has 3 rings (SSSR count). The average Bonchev–Trinajstić information content (AvgIpc) is 2.63. The quantitative estimate of drug-likeness (QED) is 0.653. The number of methoxy groups -OCH3 is 1. The van der Waals surface area contributed by atoms with Crippen LogP contribution >= 0.6 is 0 Å². The van der Waals surface area contributed by atoms with Gasteiger partial charge in [-0.2, -0.15) is 5.10 Å². The molecular formula is C18H24N4O2. The largest absolute Gasteiger partial charge is 0.385 e. The first-order valence-corrected chi connectivity index (χ1v) is 8.59. The van der Waals surface area contributed by atoms with Gasteiger partial charge < -0.3 is 4.74 Å². The second-order valence-corrected chi connectivity index (χ2v) is 6.11. The molecule has 0 radical (unpaired) electrons. The average molecular weight is 328 g/mol. The molecule has 1 fully saturated rings. The van der Waals surface area contributed by atoms with Gasteiger partial charge in [-0.1, -0.05) is 18.6 Å². The summed E-state index contributed by atoms with van der Waals surface area (Å²) < 4.78 is 6.76. The highest BCUT2D eigenvalue weighted by atomic mass is 16.5. The molecule has 24 heavy (non-hydrogen) atoms. The first-order valence-electron chi connectivity index (χ1n) is 8.59. The van der Waals surface area contributed by atoms with Gasteiger partial charge in [-0.05, 0) is 44.2 Å². The van der Waals surface area contributed by atoms with E-state index in [2.05, 4.69) is 15.5 Å². The molecule has 1 aromatic heterocycles. The summed E-state index contributed by atoms with van der Waals surface area (Å²) in [4.78, 5) is 17.4. The highest BCUT2D eigenvalue weighted by Crippen LogP contribution is 2.16. The van der Waals surface area contributed by atoms with Crippen LogP contribution in [0, 0.1) is 0 Å². The predicted molar refractivity (Wildman–Crippen MR) is 96.6 cm³/mol. The molecular weight excluding hydrogens is 304 g/mol. The third-order valence-electron chi connectivity index (χ3n) is 4.34. The van der Waals surface area contributed by atoms with Crippen LogP contribution in [-0.4, -0.2) is 29.0 Å². The highest BCUT2D eigenvalue weighted by molar-refractivity contribution is 5.85. The van der Waals surface area contributed by atoms with E-state index in [0.29, 0.717) is 30.0 Å². The maximum absolute atomic E-state index is 12.8. The van der Waals surface area contributed by atoms with Crippen LogP contribution in [0.1, 0.15) is 38.5 Å². The van der Waals surface area contributed by atoms with Gasteiger partial charge in [0.05, 0.1) is 10.9 Å². The lowest BCUT2D eigenvalue weighted by atomic mass is 9.99. The first-order chi connectivity index (χ1) is 11.8. The lowest BCUT2D eigenvalue weighted by Crippen LogP contribution is -2.25. The first kappa shape index (κ1) is 16.6. The Bertz CT molecular complexity index is 774. The van der Waals surface area contributed by atoms with Crippen LogP contribution < -0.4 is 11.0 Å². The lowest BCUT2D eigenvalue weighted by Gasteiger charge is -2.15. The monoisotopic (exact) mass is 328 g/mol. The molecule has 6 nitrogen and oxygen atoms in total. The number of benzene rings is 1. The van der Waals surface area contributed by atoms with Crippen LogP contribution in [0.2, 0.25) is 0 Å². The summed E-state index contributed by atoms with van der Waals surface area (Å²) in [7, 11) is 1.66. The Balaban J connectivity index is 1.93. The van der Waals surface area contributed by atoms with Gasteiger partial charge in [-0.3, -0.25) is 9.36 Å². The van der Waals surface area contributed by atoms with Gasteiger partial charge in [-0.15, -0.1) is 0 Å². The summed E-state index contributed by atoms with van der Waals surface area (Å²) in [6.45, 7) is 1.16. The Hall–Kier alpha value is -2.21. The van der Waals surface area contributed by atoms with Crippen LogP contribution in [0.5, 0.6) is 0 Å². The minimum atomic E-state index is -0.0388. The maximum Gasteiger partial charge on any atom is 0.262 e. The van der Waals surface area contributed by atoms with Gasteiger partial charge in [0.25, 0.3) is 5.56 Å². The third kappa shape index (κ3) is 3.82. The summed E-state index contributed by atoms with van der Waals surface area (Å²) in [5.41, 5.74) is 4.85.